The standard InChI is InChI=1S/C10H16N2O9/c1-4(14)11-20-6(3-13)9(21-12-5(2)15)7(16)8(17)10(18)19/h3,6-9,16-17H,1-2H3,(H,11,14)(H,12,15)(H,18,19)/t6-,7-,8+,9-/m1/s1. The largest absolute Gasteiger partial charge is 0.479 e. The van der Waals surface area contributed by atoms with Gasteiger partial charge in [0.05, 0.1) is 0 Å². The molecule has 11 heteroatoms. The topological polar surface area (TPSA) is 171 Å². The average Bonchev–Trinajstić information content (AvgIpc) is 2.40. The maximum atomic E-state index is 10.9. The first-order chi connectivity index (χ1) is 9.70. The summed E-state index contributed by atoms with van der Waals surface area (Å²) < 4.78 is 0. The fourth-order valence-electron chi connectivity index (χ4n) is 1.13. The third-order valence-electron chi connectivity index (χ3n) is 2.05. The number of hydrogen-bond acceptors (Lipinski definition) is 8. The minimum absolute atomic E-state index is 0.0835. The first-order valence-corrected chi connectivity index (χ1v) is 5.59. The molecule has 0 aliphatic rings. The van der Waals surface area contributed by atoms with Crippen LogP contribution in [-0.2, 0) is 28.9 Å². The molecule has 0 saturated carbocycles. The molecule has 0 aromatic carbocycles. The molecule has 2 amide bonds. The minimum atomic E-state index is -2.31. The number of aldehydes is 1. The normalized spacial score (nSPS) is 16.2. The molecule has 4 atom stereocenters. The quantitative estimate of drug-likeness (QED) is 0.218. The van der Waals surface area contributed by atoms with Gasteiger partial charge in [0.15, 0.2) is 18.5 Å². The van der Waals surface area contributed by atoms with E-state index in [1.165, 1.54) is 0 Å². The van der Waals surface area contributed by atoms with E-state index in [0.717, 1.165) is 13.8 Å². The molecule has 0 radical (unpaired) electrons. The number of hydroxylamine groups is 2. The van der Waals surface area contributed by atoms with E-state index in [4.69, 9.17) is 5.11 Å². The van der Waals surface area contributed by atoms with Crippen LogP contribution >= 0.6 is 0 Å². The Balaban J connectivity index is 5.06. The zero-order valence-corrected chi connectivity index (χ0v) is 11.2. The number of amides is 2. The second kappa shape index (κ2) is 8.97. The Morgan fingerprint density at radius 2 is 1.52 bits per heavy atom. The van der Waals surface area contributed by atoms with E-state index in [0.29, 0.717) is 0 Å². The summed E-state index contributed by atoms with van der Waals surface area (Å²) in [6.45, 7) is 2.11. The number of carboxylic acid groups (broad SMARTS) is 1. The van der Waals surface area contributed by atoms with Crippen molar-refractivity contribution >= 4 is 24.1 Å². The van der Waals surface area contributed by atoms with Crippen LogP contribution in [0.4, 0.5) is 0 Å². The van der Waals surface area contributed by atoms with E-state index in [-0.39, 0.29) is 6.29 Å². The van der Waals surface area contributed by atoms with Crippen molar-refractivity contribution in [2.75, 3.05) is 0 Å². The molecular weight excluding hydrogens is 292 g/mol. The predicted octanol–water partition coefficient (Wildman–Crippen LogP) is -3.14. The Bertz CT molecular complexity index is 400. The van der Waals surface area contributed by atoms with Gasteiger partial charge in [-0.25, -0.2) is 15.8 Å². The first-order valence-electron chi connectivity index (χ1n) is 5.59. The van der Waals surface area contributed by atoms with Crippen LogP contribution in [0.3, 0.4) is 0 Å². The van der Waals surface area contributed by atoms with E-state index >= 15 is 0 Å². The molecule has 0 fully saturated rings. The van der Waals surface area contributed by atoms with Crippen LogP contribution in [0.5, 0.6) is 0 Å². The van der Waals surface area contributed by atoms with E-state index in [1.54, 1.807) is 11.0 Å². The monoisotopic (exact) mass is 308 g/mol. The molecule has 0 heterocycles. The van der Waals surface area contributed by atoms with Crippen molar-refractivity contribution in [3.63, 3.8) is 0 Å². The van der Waals surface area contributed by atoms with E-state index in [1.807, 2.05) is 0 Å². The summed E-state index contributed by atoms with van der Waals surface area (Å²) in [5.41, 5.74) is 3.55. The van der Waals surface area contributed by atoms with Gasteiger partial charge in [-0.3, -0.25) is 19.3 Å². The molecule has 0 rings (SSSR count). The molecule has 5 N–H and O–H groups in total. The van der Waals surface area contributed by atoms with Crippen molar-refractivity contribution in [3.05, 3.63) is 0 Å². The van der Waals surface area contributed by atoms with E-state index in [2.05, 4.69) is 9.68 Å². The third-order valence-corrected chi connectivity index (χ3v) is 2.05. The van der Waals surface area contributed by atoms with Gasteiger partial charge >= 0.3 is 5.97 Å². The van der Waals surface area contributed by atoms with Crippen molar-refractivity contribution in [1.82, 2.24) is 11.0 Å². The third kappa shape index (κ3) is 6.76. The second-order valence-electron chi connectivity index (χ2n) is 3.89. The number of carbonyl (C=O) groups is 4. The van der Waals surface area contributed by atoms with Crippen molar-refractivity contribution < 1.29 is 44.2 Å². The lowest BCUT2D eigenvalue weighted by Crippen LogP contribution is -2.53. The summed E-state index contributed by atoms with van der Waals surface area (Å²) in [6.07, 6.45) is -7.83. The Morgan fingerprint density at radius 1 is 1.05 bits per heavy atom. The lowest BCUT2D eigenvalue weighted by Gasteiger charge is -2.27. The van der Waals surface area contributed by atoms with Crippen LogP contribution < -0.4 is 11.0 Å². The number of rotatable bonds is 9. The van der Waals surface area contributed by atoms with Gasteiger partial charge in [-0.1, -0.05) is 0 Å². The Labute approximate surface area is 118 Å². The molecule has 0 bridgehead atoms. The number of carbonyl (C=O) groups excluding carboxylic acids is 3. The molecule has 0 aliphatic carbocycles. The van der Waals surface area contributed by atoms with Crippen molar-refractivity contribution in [2.45, 2.75) is 38.3 Å². The van der Waals surface area contributed by atoms with Crippen molar-refractivity contribution in [1.29, 1.82) is 0 Å². The fourth-order valence-corrected chi connectivity index (χ4v) is 1.13. The highest BCUT2D eigenvalue weighted by atomic mass is 16.7. The Kier molecular flexibility index (Phi) is 8.08. The molecular formula is C10H16N2O9. The number of carboxylic acids is 1. The number of aliphatic hydroxyl groups excluding tert-OH is 2. The van der Waals surface area contributed by atoms with Crippen molar-refractivity contribution in [2.24, 2.45) is 0 Å². The zero-order valence-electron chi connectivity index (χ0n) is 11.2. The lowest BCUT2D eigenvalue weighted by molar-refractivity contribution is -0.197. The van der Waals surface area contributed by atoms with Gasteiger partial charge in [-0.05, 0) is 0 Å². The summed E-state index contributed by atoms with van der Waals surface area (Å²) in [5, 5.41) is 27.5. The summed E-state index contributed by atoms with van der Waals surface area (Å²) in [7, 11) is 0. The maximum absolute atomic E-state index is 10.9. The van der Waals surface area contributed by atoms with Crippen LogP contribution in [0.15, 0.2) is 0 Å². The molecule has 0 aliphatic heterocycles. The molecule has 0 spiro atoms. The van der Waals surface area contributed by atoms with E-state index in [9.17, 15) is 29.4 Å². The first kappa shape index (κ1) is 18.9. The van der Waals surface area contributed by atoms with E-state index < -0.39 is 42.2 Å². The maximum Gasteiger partial charge on any atom is 0.335 e. The summed E-state index contributed by atoms with van der Waals surface area (Å²) in [6, 6.07) is 0. The van der Waals surface area contributed by atoms with Gasteiger partial charge in [0, 0.05) is 13.8 Å². The number of aliphatic carboxylic acids is 1. The number of nitrogens with one attached hydrogen (secondary N) is 2. The summed E-state index contributed by atoms with van der Waals surface area (Å²) >= 11 is 0. The van der Waals surface area contributed by atoms with Gasteiger partial charge in [0.1, 0.15) is 12.2 Å². The molecule has 11 nitrogen and oxygen atoms in total. The number of aliphatic hydroxyl groups is 2. The highest BCUT2D eigenvalue weighted by molar-refractivity contribution is 5.73. The predicted molar refractivity (Wildman–Crippen MR) is 63.1 cm³/mol. The second-order valence-corrected chi connectivity index (χ2v) is 3.89. The highest BCUT2D eigenvalue weighted by Gasteiger charge is 2.39. The fraction of sp³-hybridized carbons (Fsp3) is 0.600. The molecule has 0 aromatic rings. The Morgan fingerprint density at radius 3 is 1.90 bits per heavy atom. The average molecular weight is 308 g/mol. The highest BCUT2D eigenvalue weighted by Crippen LogP contribution is 2.10. The Hall–Kier alpha value is -2.08. The smallest absolute Gasteiger partial charge is 0.335 e. The van der Waals surface area contributed by atoms with Gasteiger partial charge < -0.3 is 20.1 Å². The van der Waals surface area contributed by atoms with Crippen LogP contribution in [-0.4, -0.2) is 63.8 Å². The molecule has 0 saturated heterocycles. The van der Waals surface area contributed by atoms with Crippen molar-refractivity contribution in [3.8, 4) is 0 Å². The minimum Gasteiger partial charge on any atom is -0.479 e. The molecule has 0 unspecified atom stereocenters. The van der Waals surface area contributed by atoms with Gasteiger partial charge in [0.2, 0.25) is 11.8 Å². The van der Waals surface area contributed by atoms with Gasteiger partial charge in [0.25, 0.3) is 0 Å². The SMILES string of the molecule is CC(=O)NO[C@@H]([C@H](O)[C@H](O)C(=O)O)[C@@H](C=O)ONC(C)=O. The van der Waals surface area contributed by atoms with Crippen LogP contribution in [0.25, 0.3) is 0 Å². The van der Waals surface area contributed by atoms with Crippen LogP contribution in [0, 0.1) is 0 Å². The summed E-state index contributed by atoms with van der Waals surface area (Å²) in [5.74, 6) is -3.20. The molecule has 21 heavy (non-hydrogen) atoms. The molecule has 120 valence electrons. The van der Waals surface area contributed by atoms with Crippen LogP contribution in [0.1, 0.15) is 13.8 Å². The zero-order chi connectivity index (χ0) is 16.6. The molecule has 0 aromatic heterocycles. The van der Waals surface area contributed by atoms with Gasteiger partial charge in [-0.15, -0.1) is 0 Å². The van der Waals surface area contributed by atoms with Gasteiger partial charge in [-0.2, -0.15) is 0 Å². The lowest BCUT2D eigenvalue weighted by atomic mass is 10.0. The number of hydrogen-bond donors (Lipinski definition) is 5. The van der Waals surface area contributed by atoms with Crippen LogP contribution in [0.2, 0.25) is 0 Å². The summed E-state index contributed by atoms with van der Waals surface area (Å²) in [4.78, 5) is 52.2.